The van der Waals surface area contributed by atoms with Gasteiger partial charge >= 0.3 is 0 Å². The molecule has 29 heavy (non-hydrogen) atoms. The molecule has 0 unspecified atom stereocenters. The second kappa shape index (κ2) is 8.10. The van der Waals surface area contributed by atoms with Gasteiger partial charge in [-0.15, -0.1) is 0 Å². The number of methoxy groups -OCH3 is 1. The third kappa shape index (κ3) is 4.67. The van der Waals surface area contributed by atoms with Crippen LogP contribution in [0.4, 0.5) is 0 Å². The molecule has 0 saturated heterocycles. The molecule has 3 N–H and O–H groups in total. The Bertz CT molecular complexity index is 1190. The predicted octanol–water partition coefficient (Wildman–Crippen LogP) is 3.12. The molecule has 0 aliphatic heterocycles. The van der Waals surface area contributed by atoms with Crippen molar-refractivity contribution in [3.63, 3.8) is 0 Å². The van der Waals surface area contributed by atoms with Crippen LogP contribution in [0.3, 0.4) is 0 Å². The van der Waals surface area contributed by atoms with Gasteiger partial charge in [0.1, 0.15) is 11.3 Å². The number of furan rings is 1. The highest BCUT2D eigenvalue weighted by atomic mass is 32.2. The van der Waals surface area contributed by atoms with Gasteiger partial charge in [-0.1, -0.05) is 12.1 Å². The van der Waals surface area contributed by atoms with E-state index in [-0.39, 0.29) is 17.3 Å². The highest BCUT2D eigenvalue weighted by molar-refractivity contribution is 7.89. The molecule has 7 nitrogen and oxygen atoms in total. The number of amides is 1. The van der Waals surface area contributed by atoms with Crippen molar-refractivity contribution in [3.8, 4) is 5.75 Å². The minimum atomic E-state index is -3.73. The summed E-state index contributed by atoms with van der Waals surface area (Å²) in [5.41, 5.74) is 4.03. The van der Waals surface area contributed by atoms with E-state index in [0.717, 1.165) is 33.2 Å². The molecule has 0 fully saturated rings. The van der Waals surface area contributed by atoms with E-state index in [1.54, 1.807) is 31.6 Å². The zero-order valence-corrected chi connectivity index (χ0v) is 17.2. The Morgan fingerprint density at radius 3 is 2.55 bits per heavy atom. The molecule has 1 aromatic heterocycles. The molecule has 0 aliphatic rings. The van der Waals surface area contributed by atoms with Crippen molar-refractivity contribution in [2.75, 3.05) is 7.11 Å². The van der Waals surface area contributed by atoms with Crippen LogP contribution in [0.1, 0.15) is 23.6 Å². The Morgan fingerprint density at radius 2 is 1.93 bits per heavy atom. The highest BCUT2D eigenvalue weighted by Crippen LogP contribution is 2.33. The number of sulfonamides is 1. The number of allylic oxidation sites excluding steroid dienone is 1. The Morgan fingerprint density at radius 1 is 1.24 bits per heavy atom. The molecule has 0 atom stereocenters. The summed E-state index contributed by atoms with van der Waals surface area (Å²) in [5, 5.41) is 8.82. The lowest BCUT2D eigenvalue weighted by Gasteiger charge is -2.10. The Hall–Kier alpha value is -3.10. The number of carbonyl (C=O) groups is 1. The molecule has 3 aromatic rings. The number of benzene rings is 2. The van der Waals surface area contributed by atoms with Crippen molar-refractivity contribution in [1.82, 2.24) is 5.32 Å². The largest absolute Gasteiger partial charge is 0.496 e. The summed E-state index contributed by atoms with van der Waals surface area (Å²) < 4.78 is 33.5. The van der Waals surface area contributed by atoms with E-state index >= 15 is 0 Å². The second-order valence-corrected chi connectivity index (χ2v) is 8.26. The molecular weight excluding hydrogens is 392 g/mol. The quantitative estimate of drug-likeness (QED) is 0.602. The fourth-order valence-corrected chi connectivity index (χ4v) is 3.49. The van der Waals surface area contributed by atoms with Gasteiger partial charge in [-0.05, 0) is 48.7 Å². The van der Waals surface area contributed by atoms with E-state index in [1.165, 1.54) is 18.2 Å². The number of rotatable bonds is 6. The van der Waals surface area contributed by atoms with Crippen LogP contribution in [0, 0.1) is 6.92 Å². The van der Waals surface area contributed by atoms with Crippen molar-refractivity contribution >= 4 is 32.5 Å². The number of hydrogen-bond acceptors (Lipinski definition) is 5. The molecule has 2 aromatic carbocycles. The summed E-state index contributed by atoms with van der Waals surface area (Å²) in [6.07, 6.45) is 3.18. The van der Waals surface area contributed by atoms with Gasteiger partial charge in [-0.3, -0.25) is 4.79 Å². The van der Waals surface area contributed by atoms with Gasteiger partial charge in [0, 0.05) is 29.6 Å². The van der Waals surface area contributed by atoms with Gasteiger partial charge < -0.3 is 14.5 Å². The van der Waals surface area contributed by atoms with Crippen molar-refractivity contribution in [2.45, 2.75) is 25.3 Å². The van der Waals surface area contributed by atoms with Gasteiger partial charge in [0.25, 0.3) is 0 Å². The maximum Gasteiger partial charge on any atom is 0.244 e. The number of ether oxygens (including phenoxy) is 1. The Balaban J connectivity index is 1.75. The summed E-state index contributed by atoms with van der Waals surface area (Å²) in [4.78, 5) is 12.4. The fraction of sp³-hybridized carbons (Fsp3) is 0.190. The van der Waals surface area contributed by atoms with Crippen LogP contribution in [0.5, 0.6) is 5.75 Å². The first-order valence-electron chi connectivity index (χ1n) is 8.83. The molecule has 152 valence electrons. The number of hydrogen-bond donors (Lipinski definition) is 2. The molecule has 1 heterocycles. The van der Waals surface area contributed by atoms with E-state index in [1.807, 2.05) is 19.9 Å². The van der Waals surface area contributed by atoms with Crippen LogP contribution >= 0.6 is 0 Å². The predicted molar refractivity (Wildman–Crippen MR) is 111 cm³/mol. The van der Waals surface area contributed by atoms with Gasteiger partial charge in [0.2, 0.25) is 15.9 Å². The van der Waals surface area contributed by atoms with Crippen molar-refractivity contribution in [1.29, 1.82) is 0 Å². The summed E-state index contributed by atoms with van der Waals surface area (Å²) in [7, 11) is -2.17. The molecule has 1 amide bonds. The number of carbonyl (C=O) groups excluding carboxylic acids is 1. The third-order valence-electron chi connectivity index (χ3n) is 4.58. The first-order chi connectivity index (χ1) is 13.7. The van der Waals surface area contributed by atoms with Crippen molar-refractivity contribution < 1.29 is 22.4 Å². The van der Waals surface area contributed by atoms with E-state index in [0.29, 0.717) is 5.75 Å². The monoisotopic (exact) mass is 414 g/mol. The van der Waals surface area contributed by atoms with E-state index in [9.17, 15) is 13.2 Å². The molecule has 0 radical (unpaired) electrons. The van der Waals surface area contributed by atoms with Crippen molar-refractivity contribution in [3.05, 3.63) is 65.4 Å². The standard InChI is InChI=1S/C21H22N2O5S/c1-13(17-9-18-14(2)12-28-20(18)10-19(17)27-3)8-21(24)23-11-15-4-6-16(7-5-15)29(22,25)26/h4-10,12H,11H2,1-3H3,(H,23,24)(H2,22,25,26)/b13-8+. The highest BCUT2D eigenvalue weighted by Gasteiger charge is 2.12. The lowest BCUT2D eigenvalue weighted by Crippen LogP contribution is -2.20. The third-order valence-corrected chi connectivity index (χ3v) is 5.51. The molecule has 3 rings (SSSR count). The molecule has 0 bridgehead atoms. The number of primary sulfonamides is 1. The van der Waals surface area contributed by atoms with Crippen LogP contribution < -0.4 is 15.2 Å². The zero-order valence-electron chi connectivity index (χ0n) is 16.4. The summed E-state index contributed by atoms with van der Waals surface area (Å²) >= 11 is 0. The number of nitrogens with one attached hydrogen (secondary N) is 1. The van der Waals surface area contributed by atoms with E-state index in [2.05, 4.69) is 5.32 Å². The average Bonchev–Trinajstić information content (AvgIpc) is 3.05. The van der Waals surface area contributed by atoms with E-state index in [4.69, 9.17) is 14.3 Å². The Kier molecular flexibility index (Phi) is 5.76. The fourth-order valence-electron chi connectivity index (χ4n) is 2.97. The normalized spacial score (nSPS) is 12.2. The van der Waals surface area contributed by atoms with Gasteiger partial charge in [0.15, 0.2) is 0 Å². The van der Waals surface area contributed by atoms with Crippen LogP contribution in [0.25, 0.3) is 16.5 Å². The van der Waals surface area contributed by atoms with Gasteiger partial charge in [-0.2, -0.15) is 0 Å². The smallest absolute Gasteiger partial charge is 0.244 e. The number of nitrogens with two attached hydrogens (primary N) is 1. The first kappa shape index (κ1) is 20.6. The van der Waals surface area contributed by atoms with Gasteiger partial charge in [-0.25, -0.2) is 13.6 Å². The van der Waals surface area contributed by atoms with Crippen LogP contribution in [-0.4, -0.2) is 21.4 Å². The SMILES string of the molecule is COc1cc2occ(C)c2cc1/C(C)=C/C(=O)NCc1ccc(S(N)(=O)=O)cc1. The van der Waals surface area contributed by atoms with E-state index < -0.39 is 10.0 Å². The minimum absolute atomic E-state index is 0.0281. The van der Waals surface area contributed by atoms with Crippen LogP contribution in [0.15, 0.2) is 58.1 Å². The van der Waals surface area contributed by atoms with Crippen LogP contribution in [0.2, 0.25) is 0 Å². The molecule has 0 saturated carbocycles. The number of fused-ring (bicyclic) bond motifs is 1. The summed E-state index contributed by atoms with van der Waals surface area (Å²) in [6.45, 7) is 4.04. The maximum absolute atomic E-state index is 12.3. The van der Waals surface area contributed by atoms with Crippen LogP contribution in [-0.2, 0) is 21.4 Å². The zero-order chi connectivity index (χ0) is 21.2. The molecular formula is C21H22N2O5S. The lowest BCUT2D eigenvalue weighted by atomic mass is 10.0. The minimum Gasteiger partial charge on any atom is -0.496 e. The van der Waals surface area contributed by atoms with Gasteiger partial charge in [0.05, 0.1) is 18.3 Å². The Labute approximate surface area is 169 Å². The van der Waals surface area contributed by atoms with Crippen molar-refractivity contribution in [2.24, 2.45) is 5.14 Å². The molecule has 0 spiro atoms. The molecule has 8 heteroatoms. The summed E-state index contributed by atoms with van der Waals surface area (Å²) in [6, 6.07) is 9.78. The first-order valence-corrected chi connectivity index (χ1v) is 10.4. The topological polar surface area (TPSA) is 112 Å². The summed E-state index contributed by atoms with van der Waals surface area (Å²) in [5.74, 6) is 0.344. The second-order valence-electron chi connectivity index (χ2n) is 6.70. The molecule has 0 aliphatic carbocycles. The lowest BCUT2D eigenvalue weighted by molar-refractivity contribution is -0.116. The maximum atomic E-state index is 12.3. The number of aryl methyl sites for hydroxylation is 1. The average molecular weight is 414 g/mol.